The zero-order valence-corrected chi connectivity index (χ0v) is 18.9. The van der Waals surface area contributed by atoms with Crippen molar-refractivity contribution >= 4 is 39.9 Å². The number of benzene rings is 2. The number of anilines is 1. The van der Waals surface area contributed by atoms with Crippen LogP contribution in [0.5, 0.6) is 5.75 Å². The predicted octanol–water partition coefficient (Wildman–Crippen LogP) is 5.42. The van der Waals surface area contributed by atoms with Gasteiger partial charge in [0.05, 0.1) is 12.3 Å². The van der Waals surface area contributed by atoms with Crippen LogP contribution in [0.2, 0.25) is 5.02 Å². The number of aryl methyl sites for hydroxylation is 2. The topological polar surface area (TPSA) is 77.5 Å². The van der Waals surface area contributed by atoms with Gasteiger partial charge in [0, 0.05) is 22.4 Å². The van der Waals surface area contributed by atoms with Gasteiger partial charge in [-0.1, -0.05) is 41.4 Å². The lowest BCUT2D eigenvalue weighted by atomic mass is 10.1. The molecule has 0 saturated carbocycles. The Balaban J connectivity index is 1.35. The van der Waals surface area contributed by atoms with Gasteiger partial charge in [0.1, 0.15) is 5.75 Å². The van der Waals surface area contributed by atoms with Gasteiger partial charge in [0.25, 0.3) is 5.91 Å². The van der Waals surface area contributed by atoms with Crippen LogP contribution in [0.15, 0.2) is 47.8 Å². The van der Waals surface area contributed by atoms with E-state index < -0.39 is 11.9 Å². The van der Waals surface area contributed by atoms with Gasteiger partial charge in [-0.15, -0.1) is 11.3 Å². The minimum atomic E-state index is -0.453. The van der Waals surface area contributed by atoms with Crippen LogP contribution in [0.25, 0.3) is 11.3 Å². The van der Waals surface area contributed by atoms with Crippen molar-refractivity contribution in [1.82, 2.24) is 4.98 Å². The van der Waals surface area contributed by atoms with Crippen molar-refractivity contribution in [3.63, 3.8) is 0 Å². The van der Waals surface area contributed by atoms with Crippen molar-refractivity contribution in [2.75, 3.05) is 18.5 Å². The third-order valence-corrected chi connectivity index (χ3v) is 5.37. The summed E-state index contributed by atoms with van der Waals surface area (Å²) in [6.07, 6.45) is 0.643. The third kappa shape index (κ3) is 7.08. The quantitative estimate of drug-likeness (QED) is 0.342. The van der Waals surface area contributed by atoms with Crippen LogP contribution >= 0.6 is 22.9 Å². The number of amides is 1. The van der Waals surface area contributed by atoms with Gasteiger partial charge in [-0.05, 0) is 44.0 Å². The first kappa shape index (κ1) is 22.8. The van der Waals surface area contributed by atoms with Crippen LogP contribution < -0.4 is 10.1 Å². The van der Waals surface area contributed by atoms with Crippen LogP contribution in [0, 0.1) is 13.8 Å². The summed E-state index contributed by atoms with van der Waals surface area (Å²) in [5.41, 5.74) is 3.86. The molecule has 1 amide bonds. The lowest BCUT2D eigenvalue weighted by molar-refractivity contribution is -0.147. The highest BCUT2D eigenvalue weighted by Crippen LogP contribution is 2.25. The average Bonchev–Trinajstić information content (AvgIpc) is 3.20. The van der Waals surface area contributed by atoms with Crippen LogP contribution in [-0.2, 0) is 14.3 Å². The van der Waals surface area contributed by atoms with E-state index in [1.54, 1.807) is 12.1 Å². The SMILES string of the molecule is Cc1ccc(-c2csc(NC(=O)COC(=O)CCCOc3ccc(Cl)cc3C)n2)cc1. The maximum Gasteiger partial charge on any atom is 0.306 e. The molecule has 0 saturated heterocycles. The number of ether oxygens (including phenoxy) is 2. The number of aromatic nitrogens is 1. The van der Waals surface area contributed by atoms with E-state index in [4.69, 9.17) is 21.1 Å². The molecule has 8 heteroatoms. The van der Waals surface area contributed by atoms with Gasteiger partial charge in [0.2, 0.25) is 0 Å². The minimum absolute atomic E-state index is 0.161. The van der Waals surface area contributed by atoms with E-state index >= 15 is 0 Å². The second-order valence-electron chi connectivity index (χ2n) is 6.97. The molecule has 6 nitrogen and oxygen atoms in total. The normalized spacial score (nSPS) is 10.5. The van der Waals surface area contributed by atoms with Crippen molar-refractivity contribution in [1.29, 1.82) is 0 Å². The number of carbonyl (C=O) groups is 2. The fraction of sp³-hybridized carbons (Fsp3) is 0.261. The molecular formula is C23H23ClN2O4S. The largest absolute Gasteiger partial charge is 0.493 e. The van der Waals surface area contributed by atoms with Gasteiger partial charge < -0.3 is 9.47 Å². The van der Waals surface area contributed by atoms with Crippen LogP contribution in [0.4, 0.5) is 5.13 Å². The number of rotatable bonds is 9. The van der Waals surface area contributed by atoms with E-state index in [-0.39, 0.29) is 13.0 Å². The minimum Gasteiger partial charge on any atom is -0.493 e. The first-order valence-corrected chi connectivity index (χ1v) is 11.0. The molecule has 162 valence electrons. The zero-order valence-electron chi connectivity index (χ0n) is 17.3. The molecular weight excluding hydrogens is 436 g/mol. The van der Waals surface area contributed by atoms with E-state index in [1.165, 1.54) is 16.9 Å². The monoisotopic (exact) mass is 458 g/mol. The van der Waals surface area contributed by atoms with E-state index in [2.05, 4.69) is 10.3 Å². The Bertz CT molecular complexity index is 1050. The summed E-state index contributed by atoms with van der Waals surface area (Å²) in [6, 6.07) is 13.3. The summed E-state index contributed by atoms with van der Waals surface area (Å²) in [4.78, 5) is 28.3. The highest BCUT2D eigenvalue weighted by Gasteiger charge is 2.11. The predicted molar refractivity (Wildman–Crippen MR) is 123 cm³/mol. The molecule has 0 aliphatic rings. The van der Waals surface area contributed by atoms with E-state index in [0.717, 1.165) is 22.6 Å². The third-order valence-electron chi connectivity index (χ3n) is 4.38. The van der Waals surface area contributed by atoms with E-state index in [1.807, 2.05) is 49.6 Å². The molecule has 0 aliphatic carbocycles. The van der Waals surface area contributed by atoms with Crippen LogP contribution in [-0.4, -0.2) is 30.1 Å². The Morgan fingerprint density at radius 3 is 2.65 bits per heavy atom. The maximum atomic E-state index is 12.0. The van der Waals surface area contributed by atoms with Crippen molar-refractivity contribution in [3.05, 3.63) is 64.0 Å². The molecule has 31 heavy (non-hydrogen) atoms. The van der Waals surface area contributed by atoms with Crippen molar-refractivity contribution in [3.8, 4) is 17.0 Å². The maximum absolute atomic E-state index is 12.0. The summed E-state index contributed by atoms with van der Waals surface area (Å²) < 4.78 is 10.7. The number of nitrogens with one attached hydrogen (secondary N) is 1. The number of hydrogen-bond acceptors (Lipinski definition) is 6. The summed E-state index contributed by atoms with van der Waals surface area (Å²) in [5, 5.41) is 5.63. The average molecular weight is 459 g/mol. The van der Waals surface area contributed by atoms with Gasteiger partial charge in [-0.25, -0.2) is 4.98 Å². The van der Waals surface area contributed by atoms with Gasteiger partial charge in [-0.3, -0.25) is 14.9 Å². The molecule has 1 heterocycles. The molecule has 0 atom stereocenters. The summed E-state index contributed by atoms with van der Waals surface area (Å²) >= 11 is 7.23. The summed E-state index contributed by atoms with van der Waals surface area (Å²) in [6.45, 7) is 3.94. The van der Waals surface area contributed by atoms with E-state index in [9.17, 15) is 9.59 Å². The van der Waals surface area contributed by atoms with Gasteiger partial charge >= 0.3 is 5.97 Å². The van der Waals surface area contributed by atoms with Crippen LogP contribution in [0.1, 0.15) is 24.0 Å². The molecule has 1 N–H and O–H groups in total. The number of esters is 1. The molecule has 0 fully saturated rings. The van der Waals surface area contributed by atoms with Crippen molar-refractivity contribution < 1.29 is 19.1 Å². The van der Waals surface area contributed by atoms with Gasteiger partial charge in [0.15, 0.2) is 11.7 Å². The molecule has 0 aliphatic heterocycles. The Morgan fingerprint density at radius 2 is 1.90 bits per heavy atom. The fourth-order valence-electron chi connectivity index (χ4n) is 2.74. The number of nitrogens with zero attached hydrogens (tertiary/aromatic N) is 1. The van der Waals surface area contributed by atoms with Crippen molar-refractivity contribution in [2.45, 2.75) is 26.7 Å². The molecule has 3 rings (SSSR count). The molecule has 1 aromatic heterocycles. The molecule has 0 bridgehead atoms. The van der Waals surface area contributed by atoms with Crippen molar-refractivity contribution in [2.24, 2.45) is 0 Å². The lowest BCUT2D eigenvalue weighted by Gasteiger charge is -2.09. The summed E-state index contributed by atoms with van der Waals surface area (Å²) in [7, 11) is 0. The molecule has 2 aromatic carbocycles. The number of thiazole rings is 1. The number of hydrogen-bond donors (Lipinski definition) is 1. The highest BCUT2D eigenvalue weighted by atomic mass is 35.5. The standard InChI is InChI=1S/C23H23ClN2O4S/c1-15-5-7-17(8-6-15)19-14-31-23(25-19)26-21(27)13-30-22(28)4-3-11-29-20-10-9-18(24)12-16(20)2/h5-10,12,14H,3-4,11,13H2,1-2H3,(H,25,26,27). The number of carbonyl (C=O) groups excluding carboxylic acids is 2. The molecule has 0 unspecified atom stereocenters. The highest BCUT2D eigenvalue weighted by molar-refractivity contribution is 7.14. The smallest absolute Gasteiger partial charge is 0.306 e. The van der Waals surface area contributed by atoms with Gasteiger partial charge in [-0.2, -0.15) is 0 Å². The lowest BCUT2D eigenvalue weighted by Crippen LogP contribution is -2.21. The first-order chi connectivity index (χ1) is 14.9. The second-order valence-corrected chi connectivity index (χ2v) is 8.27. The Hall–Kier alpha value is -2.90. The molecule has 0 spiro atoms. The molecule has 0 radical (unpaired) electrons. The Morgan fingerprint density at radius 1 is 1.13 bits per heavy atom. The fourth-order valence-corrected chi connectivity index (χ4v) is 3.70. The number of halogens is 1. The first-order valence-electron chi connectivity index (χ1n) is 9.78. The Labute approximate surface area is 190 Å². The summed E-state index contributed by atoms with van der Waals surface area (Å²) in [5.74, 6) is -0.150. The zero-order chi connectivity index (χ0) is 22.2. The second kappa shape index (κ2) is 10.9. The molecule has 3 aromatic rings. The Kier molecular flexibility index (Phi) is 8.03. The van der Waals surface area contributed by atoms with E-state index in [0.29, 0.717) is 23.2 Å². The van der Waals surface area contributed by atoms with Crippen LogP contribution in [0.3, 0.4) is 0 Å².